The molecule has 2 N–H and O–H groups in total. The number of aromatic nitrogens is 3. The van der Waals surface area contributed by atoms with Gasteiger partial charge in [0.25, 0.3) is 5.91 Å². The molecule has 0 spiro atoms. The zero-order valence-electron chi connectivity index (χ0n) is 14.3. The summed E-state index contributed by atoms with van der Waals surface area (Å²) in [7, 11) is 0. The highest BCUT2D eigenvalue weighted by atomic mass is 16.2. The van der Waals surface area contributed by atoms with Crippen LogP contribution >= 0.6 is 0 Å². The van der Waals surface area contributed by atoms with Gasteiger partial charge in [-0.1, -0.05) is 29.5 Å². The zero-order valence-corrected chi connectivity index (χ0v) is 14.3. The Hall–Kier alpha value is -3.48. The van der Waals surface area contributed by atoms with E-state index in [-0.39, 0.29) is 18.2 Å². The van der Waals surface area contributed by atoms with Crippen molar-refractivity contribution in [3.63, 3.8) is 0 Å². The highest BCUT2D eigenvalue weighted by Crippen LogP contribution is 2.18. The van der Waals surface area contributed by atoms with Crippen molar-refractivity contribution in [2.24, 2.45) is 0 Å². The first-order valence-corrected chi connectivity index (χ1v) is 8.23. The molecule has 132 valence electrons. The first kappa shape index (κ1) is 17.3. The molecule has 2 amide bonds. The molecular weight excluding hydrogens is 330 g/mol. The number of nitrogens with one attached hydrogen (secondary N) is 2. The highest BCUT2D eigenvalue weighted by Gasteiger charge is 2.13. The fourth-order valence-electron chi connectivity index (χ4n) is 2.49. The van der Waals surface area contributed by atoms with Gasteiger partial charge in [0.2, 0.25) is 5.91 Å². The minimum atomic E-state index is -0.275. The number of benzene rings is 2. The molecule has 0 fully saturated rings. The Labute approximate surface area is 151 Å². The minimum absolute atomic E-state index is 0.198. The third-order valence-electron chi connectivity index (χ3n) is 3.76. The van der Waals surface area contributed by atoms with Crippen LogP contribution in [0.5, 0.6) is 0 Å². The number of hydrogen-bond donors (Lipinski definition) is 2. The molecule has 0 saturated carbocycles. The molecule has 0 unspecified atom stereocenters. The van der Waals surface area contributed by atoms with E-state index < -0.39 is 0 Å². The first-order valence-electron chi connectivity index (χ1n) is 8.23. The van der Waals surface area contributed by atoms with Gasteiger partial charge >= 0.3 is 0 Å². The van der Waals surface area contributed by atoms with Gasteiger partial charge in [0.1, 0.15) is 0 Å². The maximum Gasteiger partial charge on any atom is 0.257 e. The molecule has 2 aromatic carbocycles. The number of aryl methyl sites for hydroxylation is 2. The second-order valence-electron chi connectivity index (χ2n) is 5.83. The largest absolute Gasteiger partial charge is 0.325 e. The number of carbonyl (C=O) groups excluding carboxylic acids is 2. The third kappa shape index (κ3) is 4.54. The molecular formula is C19H19N5O2. The highest BCUT2D eigenvalue weighted by molar-refractivity contribution is 6.10. The number of hydrogen-bond acceptors (Lipinski definition) is 4. The van der Waals surface area contributed by atoms with Crippen molar-refractivity contribution in [1.29, 1.82) is 0 Å². The van der Waals surface area contributed by atoms with Crippen LogP contribution in [0.25, 0.3) is 0 Å². The van der Waals surface area contributed by atoms with E-state index in [1.165, 1.54) is 0 Å². The molecule has 1 aromatic heterocycles. The number of para-hydroxylation sites is 1. The Bertz CT molecular complexity index is 906. The molecule has 0 bridgehead atoms. The van der Waals surface area contributed by atoms with Crippen LogP contribution in [0.15, 0.2) is 60.9 Å². The lowest BCUT2D eigenvalue weighted by atomic mass is 10.1. The molecule has 7 heteroatoms. The Kier molecular flexibility index (Phi) is 5.38. The van der Waals surface area contributed by atoms with E-state index in [0.29, 0.717) is 23.5 Å². The molecule has 0 saturated heterocycles. The van der Waals surface area contributed by atoms with E-state index >= 15 is 0 Å². The lowest BCUT2D eigenvalue weighted by molar-refractivity contribution is -0.116. The van der Waals surface area contributed by atoms with E-state index in [0.717, 1.165) is 5.56 Å². The van der Waals surface area contributed by atoms with Gasteiger partial charge in [-0.3, -0.25) is 14.3 Å². The Balaban J connectivity index is 1.67. The van der Waals surface area contributed by atoms with Gasteiger partial charge in [-0.25, -0.2) is 0 Å². The van der Waals surface area contributed by atoms with E-state index in [2.05, 4.69) is 20.9 Å². The second-order valence-corrected chi connectivity index (χ2v) is 5.83. The molecule has 0 aliphatic carbocycles. The predicted molar refractivity (Wildman–Crippen MR) is 98.8 cm³/mol. The van der Waals surface area contributed by atoms with Gasteiger partial charge in [0.15, 0.2) is 0 Å². The minimum Gasteiger partial charge on any atom is -0.325 e. The van der Waals surface area contributed by atoms with Crippen LogP contribution in [0.1, 0.15) is 22.3 Å². The van der Waals surface area contributed by atoms with Crippen molar-refractivity contribution in [3.05, 3.63) is 72.1 Å². The van der Waals surface area contributed by atoms with E-state index in [1.54, 1.807) is 41.3 Å². The van der Waals surface area contributed by atoms with Crippen LogP contribution in [0.3, 0.4) is 0 Å². The van der Waals surface area contributed by atoms with Crippen molar-refractivity contribution in [3.8, 4) is 0 Å². The van der Waals surface area contributed by atoms with Gasteiger partial charge in [-0.05, 0) is 36.8 Å². The quantitative estimate of drug-likeness (QED) is 0.716. The van der Waals surface area contributed by atoms with Crippen molar-refractivity contribution in [2.45, 2.75) is 19.9 Å². The molecule has 0 aliphatic heterocycles. The van der Waals surface area contributed by atoms with Gasteiger partial charge in [0, 0.05) is 18.3 Å². The summed E-state index contributed by atoms with van der Waals surface area (Å²) in [5, 5.41) is 13.2. The molecule has 3 rings (SSSR count). The molecule has 0 radical (unpaired) electrons. The summed E-state index contributed by atoms with van der Waals surface area (Å²) in [5.74, 6) is -0.473. The Morgan fingerprint density at radius 1 is 1.08 bits per heavy atom. The van der Waals surface area contributed by atoms with Crippen LogP contribution in [0.4, 0.5) is 11.4 Å². The summed E-state index contributed by atoms with van der Waals surface area (Å²) in [4.78, 5) is 24.8. The normalized spacial score (nSPS) is 10.3. The lowest BCUT2D eigenvalue weighted by Gasteiger charge is -2.12. The fourth-order valence-corrected chi connectivity index (χ4v) is 2.49. The van der Waals surface area contributed by atoms with Gasteiger partial charge < -0.3 is 10.6 Å². The monoisotopic (exact) mass is 349 g/mol. The molecule has 3 aromatic rings. The van der Waals surface area contributed by atoms with Crippen LogP contribution in [-0.4, -0.2) is 26.8 Å². The number of carbonyl (C=O) groups is 2. The summed E-state index contributed by atoms with van der Waals surface area (Å²) < 4.78 is 1.58. The number of rotatable bonds is 6. The van der Waals surface area contributed by atoms with Crippen LogP contribution < -0.4 is 10.6 Å². The van der Waals surface area contributed by atoms with Crippen molar-refractivity contribution in [2.75, 3.05) is 10.6 Å². The lowest BCUT2D eigenvalue weighted by Crippen LogP contribution is -2.19. The third-order valence-corrected chi connectivity index (χ3v) is 3.76. The number of nitrogens with zero attached hydrogens (tertiary/aromatic N) is 3. The maximum atomic E-state index is 12.6. The van der Waals surface area contributed by atoms with Gasteiger partial charge in [-0.15, -0.1) is 5.10 Å². The topological polar surface area (TPSA) is 88.9 Å². The standard InChI is InChI=1S/C19H19N5O2/c1-14-5-4-6-15(13-14)21-19(26)16-7-2-3-8-17(16)22-18(25)9-11-24-12-10-20-23-24/h2-8,10,12-13H,9,11H2,1H3,(H,21,26)(H,22,25). The van der Waals surface area contributed by atoms with Crippen LogP contribution in [-0.2, 0) is 11.3 Å². The summed E-state index contributed by atoms with van der Waals surface area (Å²) >= 11 is 0. The van der Waals surface area contributed by atoms with Crippen LogP contribution in [0.2, 0.25) is 0 Å². The second kappa shape index (κ2) is 8.06. The average molecular weight is 349 g/mol. The first-order chi connectivity index (χ1) is 12.6. The maximum absolute atomic E-state index is 12.6. The molecule has 0 aliphatic rings. The van der Waals surface area contributed by atoms with E-state index in [9.17, 15) is 9.59 Å². The molecule has 7 nitrogen and oxygen atoms in total. The Morgan fingerprint density at radius 2 is 1.92 bits per heavy atom. The summed E-state index contributed by atoms with van der Waals surface area (Å²) in [5.41, 5.74) is 2.64. The average Bonchev–Trinajstić information content (AvgIpc) is 3.14. The zero-order chi connectivity index (χ0) is 18.4. The van der Waals surface area contributed by atoms with Crippen molar-refractivity contribution >= 4 is 23.2 Å². The predicted octanol–water partition coefficient (Wildman–Crippen LogP) is 2.87. The SMILES string of the molecule is Cc1cccc(NC(=O)c2ccccc2NC(=O)CCn2ccnn2)c1. The number of anilines is 2. The summed E-state index contributed by atoms with van der Waals surface area (Å²) in [6.45, 7) is 2.38. The smallest absolute Gasteiger partial charge is 0.257 e. The van der Waals surface area contributed by atoms with Gasteiger partial charge in [0.05, 0.1) is 24.0 Å². The fraction of sp³-hybridized carbons (Fsp3) is 0.158. The molecule has 0 atom stereocenters. The molecule has 1 heterocycles. The van der Waals surface area contributed by atoms with Crippen molar-refractivity contribution < 1.29 is 9.59 Å². The summed E-state index contributed by atoms with van der Waals surface area (Å²) in [6, 6.07) is 14.5. The van der Waals surface area contributed by atoms with Crippen molar-refractivity contribution in [1.82, 2.24) is 15.0 Å². The number of amides is 2. The van der Waals surface area contributed by atoms with E-state index in [1.807, 2.05) is 31.2 Å². The van der Waals surface area contributed by atoms with Gasteiger partial charge in [-0.2, -0.15) is 0 Å². The van der Waals surface area contributed by atoms with Crippen LogP contribution in [0, 0.1) is 6.92 Å². The Morgan fingerprint density at radius 3 is 2.69 bits per heavy atom. The van der Waals surface area contributed by atoms with E-state index in [4.69, 9.17) is 0 Å². The summed E-state index contributed by atoms with van der Waals surface area (Å²) in [6.07, 6.45) is 3.48. The molecule has 26 heavy (non-hydrogen) atoms.